The number of hydrogen-bond acceptors (Lipinski definition) is 5. The lowest BCUT2D eigenvalue weighted by Gasteiger charge is -2.08. The number of rotatable bonds is 5. The third kappa shape index (κ3) is 4.54. The molecular formula is C18H17N3O3S. The molecule has 3 aromatic rings. The molecular weight excluding hydrogens is 338 g/mol. The molecule has 6 nitrogen and oxygen atoms in total. The standard InChI is InChI=1S/C18H17N3O3S/c1-11-4-3-5-14(8-11)24-10-17(23)20-13-6-7-16-15(9-13)21-18(25-16)19-12(2)22/h3-9H,10H2,1-2H3,(H,20,23)(H,19,21,22). The number of benzene rings is 2. The fraction of sp³-hybridized carbons (Fsp3) is 0.167. The average molecular weight is 355 g/mol. The number of amides is 2. The molecule has 2 amide bonds. The molecule has 0 saturated carbocycles. The van der Waals surface area contributed by atoms with E-state index in [0.717, 1.165) is 10.3 Å². The normalized spacial score (nSPS) is 10.5. The quantitative estimate of drug-likeness (QED) is 0.733. The molecule has 2 aromatic carbocycles. The topological polar surface area (TPSA) is 80.3 Å². The minimum Gasteiger partial charge on any atom is -0.484 e. The van der Waals surface area contributed by atoms with E-state index in [9.17, 15) is 9.59 Å². The maximum Gasteiger partial charge on any atom is 0.262 e. The van der Waals surface area contributed by atoms with E-state index in [4.69, 9.17) is 4.74 Å². The van der Waals surface area contributed by atoms with Gasteiger partial charge in [0, 0.05) is 12.6 Å². The summed E-state index contributed by atoms with van der Waals surface area (Å²) in [6, 6.07) is 12.9. The maximum absolute atomic E-state index is 12.0. The lowest BCUT2D eigenvalue weighted by molar-refractivity contribution is -0.118. The van der Waals surface area contributed by atoms with Gasteiger partial charge in [0.25, 0.3) is 5.91 Å². The number of carbonyl (C=O) groups excluding carboxylic acids is 2. The van der Waals surface area contributed by atoms with Crippen LogP contribution in [0.2, 0.25) is 0 Å². The molecule has 0 radical (unpaired) electrons. The average Bonchev–Trinajstić information content (AvgIpc) is 2.93. The van der Waals surface area contributed by atoms with Crippen molar-refractivity contribution in [3.63, 3.8) is 0 Å². The fourth-order valence-corrected chi connectivity index (χ4v) is 3.15. The van der Waals surface area contributed by atoms with Gasteiger partial charge in [-0.1, -0.05) is 23.5 Å². The third-order valence-electron chi connectivity index (χ3n) is 3.31. The number of thiazole rings is 1. The molecule has 0 bridgehead atoms. The van der Waals surface area contributed by atoms with Crippen molar-refractivity contribution in [2.75, 3.05) is 17.2 Å². The molecule has 0 fully saturated rings. The van der Waals surface area contributed by atoms with Crippen molar-refractivity contribution in [2.24, 2.45) is 0 Å². The number of aryl methyl sites for hydroxylation is 1. The summed E-state index contributed by atoms with van der Waals surface area (Å²) in [7, 11) is 0. The first-order valence-electron chi connectivity index (χ1n) is 7.67. The number of anilines is 2. The van der Waals surface area contributed by atoms with E-state index >= 15 is 0 Å². The molecule has 128 valence electrons. The molecule has 7 heteroatoms. The minimum atomic E-state index is -0.252. The van der Waals surface area contributed by atoms with Gasteiger partial charge in [-0.3, -0.25) is 9.59 Å². The zero-order chi connectivity index (χ0) is 17.8. The minimum absolute atomic E-state index is 0.0737. The second kappa shape index (κ2) is 7.31. The summed E-state index contributed by atoms with van der Waals surface area (Å²) < 4.78 is 6.41. The van der Waals surface area contributed by atoms with Gasteiger partial charge in [-0.15, -0.1) is 0 Å². The number of fused-ring (bicyclic) bond motifs is 1. The van der Waals surface area contributed by atoms with Gasteiger partial charge in [0.15, 0.2) is 11.7 Å². The molecule has 1 heterocycles. The highest BCUT2D eigenvalue weighted by atomic mass is 32.1. The first-order valence-corrected chi connectivity index (χ1v) is 8.49. The molecule has 0 aliphatic heterocycles. The van der Waals surface area contributed by atoms with Gasteiger partial charge in [-0.25, -0.2) is 4.98 Å². The Morgan fingerprint density at radius 2 is 2.00 bits per heavy atom. The van der Waals surface area contributed by atoms with E-state index in [1.165, 1.54) is 18.3 Å². The van der Waals surface area contributed by atoms with E-state index in [2.05, 4.69) is 15.6 Å². The van der Waals surface area contributed by atoms with Gasteiger partial charge in [0.05, 0.1) is 10.2 Å². The number of carbonyl (C=O) groups is 2. The van der Waals surface area contributed by atoms with Crippen molar-refractivity contribution in [2.45, 2.75) is 13.8 Å². The Morgan fingerprint density at radius 3 is 2.76 bits per heavy atom. The first-order chi connectivity index (χ1) is 12.0. The van der Waals surface area contributed by atoms with Crippen molar-refractivity contribution in [3.8, 4) is 5.75 Å². The Balaban J connectivity index is 1.63. The summed E-state index contributed by atoms with van der Waals surface area (Å²) in [4.78, 5) is 27.5. The SMILES string of the molecule is CC(=O)Nc1nc2cc(NC(=O)COc3cccc(C)c3)ccc2s1. The number of nitrogens with one attached hydrogen (secondary N) is 2. The van der Waals surface area contributed by atoms with Gasteiger partial charge in [-0.05, 0) is 42.8 Å². The van der Waals surface area contributed by atoms with E-state index in [-0.39, 0.29) is 18.4 Å². The summed E-state index contributed by atoms with van der Waals surface area (Å²) in [5, 5.41) is 5.98. The zero-order valence-electron chi connectivity index (χ0n) is 13.8. The van der Waals surface area contributed by atoms with Crippen LogP contribution in [0.3, 0.4) is 0 Å². The van der Waals surface area contributed by atoms with Gasteiger partial charge in [0.1, 0.15) is 5.75 Å². The van der Waals surface area contributed by atoms with Gasteiger partial charge in [-0.2, -0.15) is 0 Å². The molecule has 0 spiro atoms. The summed E-state index contributed by atoms with van der Waals surface area (Å²) in [6.45, 7) is 3.33. The summed E-state index contributed by atoms with van der Waals surface area (Å²) in [5.74, 6) is 0.240. The van der Waals surface area contributed by atoms with Crippen molar-refractivity contribution in [1.82, 2.24) is 4.98 Å². The summed E-state index contributed by atoms with van der Waals surface area (Å²) in [6.07, 6.45) is 0. The van der Waals surface area contributed by atoms with Crippen LogP contribution in [0, 0.1) is 6.92 Å². The van der Waals surface area contributed by atoms with Crippen LogP contribution in [0.15, 0.2) is 42.5 Å². The van der Waals surface area contributed by atoms with Crippen LogP contribution in [0.4, 0.5) is 10.8 Å². The van der Waals surface area contributed by atoms with Crippen molar-refractivity contribution >= 4 is 44.2 Å². The number of aromatic nitrogens is 1. The summed E-state index contributed by atoms with van der Waals surface area (Å²) >= 11 is 1.38. The number of nitrogens with zero attached hydrogens (tertiary/aromatic N) is 1. The Hall–Kier alpha value is -2.93. The van der Waals surface area contributed by atoms with Crippen molar-refractivity contribution in [3.05, 3.63) is 48.0 Å². The lowest BCUT2D eigenvalue weighted by atomic mass is 10.2. The second-order valence-electron chi connectivity index (χ2n) is 5.54. The molecule has 0 unspecified atom stereocenters. The van der Waals surface area contributed by atoms with Crippen LogP contribution in [0.25, 0.3) is 10.2 Å². The van der Waals surface area contributed by atoms with E-state index in [1.807, 2.05) is 37.3 Å². The smallest absolute Gasteiger partial charge is 0.262 e. The molecule has 0 aliphatic carbocycles. The van der Waals surface area contributed by atoms with Crippen LogP contribution >= 0.6 is 11.3 Å². The van der Waals surface area contributed by atoms with Crippen molar-refractivity contribution < 1.29 is 14.3 Å². The highest BCUT2D eigenvalue weighted by molar-refractivity contribution is 7.22. The molecule has 3 rings (SSSR count). The predicted octanol–water partition coefficient (Wildman–Crippen LogP) is 3.58. The van der Waals surface area contributed by atoms with E-state index < -0.39 is 0 Å². The Kier molecular flexibility index (Phi) is 4.95. The summed E-state index contributed by atoms with van der Waals surface area (Å²) in [5.41, 5.74) is 2.41. The maximum atomic E-state index is 12.0. The predicted molar refractivity (Wildman–Crippen MR) is 99.2 cm³/mol. The van der Waals surface area contributed by atoms with Gasteiger partial charge < -0.3 is 15.4 Å². The van der Waals surface area contributed by atoms with Crippen LogP contribution in [-0.4, -0.2) is 23.4 Å². The zero-order valence-corrected chi connectivity index (χ0v) is 14.6. The van der Waals surface area contributed by atoms with Crippen LogP contribution < -0.4 is 15.4 Å². The monoisotopic (exact) mass is 355 g/mol. The molecule has 1 aromatic heterocycles. The molecule has 0 aliphatic rings. The second-order valence-corrected chi connectivity index (χ2v) is 6.57. The number of ether oxygens (including phenoxy) is 1. The highest BCUT2D eigenvalue weighted by Gasteiger charge is 2.08. The van der Waals surface area contributed by atoms with Gasteiger partial charge in [0.2, 0.25) is 5.91 Å². The molecule has 0 atom stereocenters. The first kappa shape index (κ1) is 16.9. The van der Waals surface area contributed by atoms with E-state index in [0.29, 0.717) is 22.1 Å². The van der Waals surface area contributed by atoms with Crippen molar-refractivity contribution in [1.29, 1.82) is 0 Å². The van der Waals surface area contributed by atoms with Crippen LogP contribution in [0.1, 0.15) is 12.5 Å². The highest BCUT2D eigenvalue weighted by Crippen LogP contribution is 2.28. The third-order valence-corrected chi connectivity index (χ3v) is 4.27. The Bertz CT molecular complexity index is 936. The Morgan fingerprint density at radius 1 is 1.16 bits per heavy atom. The van der Waals surface area contributed by atoms with Gasteiger partial charge >= 0.3 is 0 Å². The molecule has 2 N–H and O–H groups in total. The number of hydrogen-bond donors (Lipinski definition) is 2. The molecule has 0 saturated heterocycles. The van der Waals surface area contributed by atoms with E-state index in [1.54, 1.807) is 12.1 Å². The van der Waals surface area contributed by atoms with Crippen LogP contribution in [0.5, 0.6) is 5.75 Å². The Labute approximate surface area is 148 Å². The lowest BCUT2D eigenvalue weighted by Crippen LogP contribution is -2.20. The largest absolute Gasteiger partial charge is 0.484 e. The van der Waals surface area contributed by atoms with Crippen LogP contribution in [-0.2, 0) is 9.59 Å². The fourth-order valence-electron chi connectivity index (χ4n) is 2.26. The molecule has 25 heavy (non-hydrogen) atoms.